The normalized spacial score (nSPS) is 19.5. The Kier molecular flexibility index (Phi) is 3.58. The molecule has 0 spiro atoms. The van der Waals surface area contributed by atoms with Crippen molar-refractivity contribution in [3.8, 4) is 6.07 Å². The van der Waals surface area contributed by atoms with Gasteiger partial charge in [0.1, 0.15) is 0 Å². The van der Waals surface area contributed by atoms with Gasteiger partial charge in [-0.05, 0) is 24.6 Å². The second-order valence-electron chi connectivity index (χ2n) is 4.35. The van der Waals surface area contributed by atoms with Crippen molar-refractivity contribution in [2.75, 3.05) is 12.4 Å². The van der Waals surface area contributed by atoms with E-state index in [2.05, 4.69) is 0 Å². The number of hydrogen-bond acceptors (Lipinski definition) is 5. The molecule has 1 unspecified atom stereocenters. The molecule has 0 saturated carbocycles. The molecule has 0 saturated heterocycles. The van der Waals surface area contributed by atoms with Crippen LogP contribution in [0.2, 0.25) is 0 Å². The van der Waals surface area contributed by atoms with Crippen LogP contribution in [0.1, 0.15) is 30.4 Å². The summed E-state index contributed by atoms with van der Waals surface area (Å²) >= 11 is 0. The van der Waals surface area contributed by atoms with Crippen LogP contribution >= 0.6 is 0 Å². The minimum absolute atomic E-state index is 0.0476. The van der Waals surface area contributed by atoms with E-state index < -0.39 is 15.8 Å². The Balaban J connectivity index is 2.35. The highest BCUT2D eigenvalue weighted by Gasteiger charge is 2.36. The molecule has 6 heteroatoms. The lowest BCUT2D eigenvalue weighted by Gasteiger charge is -2.08. The van der Waals surface area contributed by atoms with Gasteiger partial charge in [0.25, 0.3) is 0 Å². The second-order valence-corrected chi connectivity index (χ2v) is 6.35. The lowest BCUT2D eigenvalue weighted by molar-refractivity contribution is -0.143. The van der Waals surface area contributed by atoms with Crippen molar-refractivity contribution in [3.63, 3.8) is 0 Å². The van der Waals surface area contributed by atoms with Gasteiger partial charge >= 0.3 is 5.97 Å². The van der Waals surface area contributed by atoms with Gasteiger partial charge in [-0.3, -0.25) is 4.79 Å². The lowest BCUT2D eigenvalue weighted by atomic mass is 9.97. The molecule has 100 valence electrons. The third-order valence-electron chi connectivity index (χ3n) is 3.06. The third kappa shape index (κ3) is 2.61. The van der Waals surface area contributed by atoms with Crippen molar-refractivity contribution < 1.29 is 17.9 Å². The summed E-state index contributed by atoms with van der Waals surface area (Å²) in [6, 6.07) is 6.47. The molecule has 0 aromatic heterocycles. The molecule has 1 aromatic carbocycles. The first kappa shape index (κ1) is 13.6. The van der Waals surface area contributed by atoms with Crippen LogP contribution in [-0.2, 0) is 19.4 Å². The molecule has 5 nitrogen and oxygen atoms in total. The smallest absolute Gasteiger partial charge is 0.306 e. The molecule has 1 aromatic rings. The average molecular weight is 279 g/mol. The monoisotopic (exact) mass is 279 g/mol. The second kappa shape index (κ2) is 5.02. The van der Waals surface area contributed by atoms with Crippen molar-refractivity contribution in [2.24, 2.45) is 0 Å². The van der Waals surface area contributed by atoms with Crippen LogP contribution in [0.3, 0.4) is 0 Å². The van der Waals surface area contributed by atoms with E-state index in [1.807, 2.05) is 6.07 Å². The number of benzene rings is 1. The molecule has 0 aliphatic carbocycles. The van der Waals surface area contributed by atoms with E-state index in [0.29, 0.717) is 11.1 Å². The first-order chi connectivity index (χ1) is 8.97. The maximum atomic E-state index is 12.0. The Morgan fingerprint density at radius 1 is 1.53 bits per heavy atom. The van der Waals surface area contributed by atoms with Gasteiger partial charge in [0, 0.05) is 5.92 Å². The number of sulfone groups is 1. The van der Waals surface area contributed by atoms with E-state index >= 15 is 0 Å². The summed E-state index contributed by atoms with van der Waals surface area (Å²) in [6.07, 6.45) is 0.0476. The molecule has 1 heterocycles. The van der Waals surface area contributed by atoms with Crippen LogP contribution in [0, 0.1) is 11.3 Å². The van der Waals surface area contributed by atoms with E-state index in [1.54, 1.807) is 19.1 Å². The summed E-state index contributed by atoms with van der Waals surface area (Å²) in [6.45, 7) is 1.98. The summed E-state index contributed by atoms with van der Waals surface area (Å²) in [4.78, 5) is 11.6. The maximum absolute atomic E-state index is 12.0. The van der Waals surface area contributed by atoms with Crippen LogP contribution in [0.25, 0.3) is 0 Å². The first-order valence-corrected chi connectivity index (χ1v) is 7.55. The van der Waals surface area contributed by atoms with Gasteiger partial charge in [-0.25, -0.2) is 8.42 Å². The summed E-state index contributed by atoms with van der Waals surface area (Å²) in [5, 5.41) is 8.80. The van der Waals surface area contributed by atoms with Gasteiger partial charge < -0.3 is 4.74 Å². The predicted octanol–water partition coefficient (Wildman–Crippen LogP) is 1.38. The van der Waals surface area contributed by atoms with Crippen LogP contribution in [-0.4, -0.2) is 26.7 Å². The largest absolute Gasteiger partial charge is 0.466 e. The fourth-order valence-electron chi connectivity index (χ4n) is 2.24. The summed E-state index contributed by atoms with van der Waals surface area (Å²) < 4.78 is 28.9. The van der Waals surface area contributed by atoms with Gasteiger partial charge in [-0.2, -0.15) is 5.26 Å². The Labute approximate surface area is 111 Å². The Morgan fingerprint density at radius 3 is 2.89 bits per heavy atom. The quantitative estimate of drug-likeness (QED) is 0.780. The molecule has 19 heavy (non-hydrogen) atoms. The minimum Gasteiger partial charge on any atom is -0.466 e. The number of hydrogen-bond donors (Lipinski definition) is 0. The van der Waals surface area contributed by atoms with Gasteiger partial charge in [-0.1, -0.05) is 6.07 Å². The standard InChI is InChI=1S/C13H13NO4S/c1-2-18-13(15)6-10-8-19(16,17)12-5-9(7-14)3-4-11(10)12/h3-5,10H,2,6,8H2,1H3. The van der Waals surface area contributed by atoms with Gasteiger partial charge in [0.15, 0.2) is 9.84 Å². The summed E-state index contributed by atoms with van der Waals surface area (Å²) in [5.41, 5.74) is 0.908. The van der Waals surface area contributed by atoms with Crippen molar-refractivity contribution in [1.29, 1.82) is 5.26 Å². The van der Waals surface area contributed by atoms with E-state index in [0.717, 1.165) is 0 Å². The number of carbonyl (C=O) groups is 1. The highest BCUT2D eigenvalue weighted by atomic mass is 32.2. The van der Waals surface area contributed by atoms with E-state index in [4.69, 9.17) is 10.00 Å². The number of rotatable bonds is 3. The molecular weight excluding hydrogens is 266 g/mol. The van der Waals surface area contributed by atoms with E-state index in [-0.39, 0.29) is 29.6 Å². The van der Waals surface area contributed by atoms with Crippen molar-refractivity contribution in [2.45, 2.75) is 24.2 Å². The number of fused-ring (bicyclic) bond motifs is 1. The fourth-order valence-corrected chi connectivity index (χ4v) is 4.15. The Morgan fingerprint density at radius 2 is 2.26 bits per heavy atom. The molecular formula is C13H13NO4S. The Hall–Kier alpha value is -1.87. The van der Waals surface area contributed by atoms with E-state index in [9.17, 15) is 13.2 Å². The number of esters is 1. The topological polar surface area (TPSA) is 84.2 Å². The molecule has 0 radical (unpaired) electrons. The molecule has 0 N–H and O–H groups in total. The SMILES string of the molecule is CCOC(=O)CC1CS(=O)(=O)c2cc(C#N)ccc21. The molecule has 2 rings (SSSR count). The zero-order valence-corrected chi connectivity index (χ0v) is 11.2. The summed E-state index contributed by atoms with van der Waals surface area (Å²) in [7, 11) is -3.41. The van der Waals surface area contributed by atoms with Gasteiger partial charge in [0.05, 0.1) is 35.3 Å². The highest BCUT2D eigenvalue weighted by Crippen LogP contribution is 2.37. The molecule has 1 aliphatic heterocycles. The fraction of sp³-hybridized carbons (Fsp3) is 0.385. The Bertz CT molecular complexity index is 658. The maximum Gasteiger partial charge on any atom is 0.306 e. The molecule has 0 amide bonds. The van der Waals surface area contributed by atoms with Gasteiger partial charge in [-0.15, -0.1) is 0 Å². The molecule has 1 aliphatic rings. The third-order valence-corrected chi connectivity index (χ3v) is 4.92. The van der Waals surface area contributed by atoms with E-state index in [1.165, 1.54) is 6.07 Å². The number of nitrogens with zero attached hydrogens (tertiary/aromatic N) is 1. The van der Waals surface area contributed by atoms with Crippen LogP contribution in [0.4, 0.5) is 0 Å². The van der Waals surface area contributed by atoms with Crippen LogP contribution < -0.4 is 0 Å². The van der Waals surface area contributed by atoms with Gasteiger partial charge in [0.2, 0.25) is 0 Å². The van der Waals surface area contributed by atoms with Crippen LogP contribution in [0.15, 0.2) is 23.1 Å². The molecule has 0 fully saturated rings. The number of carbonyl (C=O) groups excluding carboxylic acids is 1. The lowest BCUT2D eigenvalue weighted by Crippen LogP contribution is -2.12. The molecule has 0 bridgehead atoms. The van der Waals surface area contributed by atoms with Crippen molar-refractivity contribution >= 4 is 15.8 Å². The zero-order valence-electron chi connectivity index (χ0n) is 10.4. The number of nitriles is 1. The number of ether oxygens (including phenoxy) is 1. The predicted molar refractivity (Wildman–Crippen MR) is 67.2 cm³/mol. The average Bonchev–Trinajstić information content (AvgIpc) is 2.61. The first-order valence-electron chi connectivity index (χ1n) is 5.90. The molecule has 1 atom stereocenters. The zero-order chi connectivity index (χ0) is 14.0. The summed E-state index contributed by atoms with van der Waals surface area (Å²) in [5.74, 6) is -0.887. The van der Waals surface area contributed by atoms with Crippen LogP contribution in [0.5, 0.6) is 0 Å². The minimum atomic E-state index is -3.41. The van der Waals surface area contributed by atoms with Crippen molar-refractivity contribution in [1.82, 2.24) is 0 Å². The van der Waals surface area contributed by atoms with Crippen molar-refractivity contribution in [3.05, 3.63) is 29.3 Å². The highest BCUT2D eigenvalue weighted by molar-refractivity contribution is 7.91.